The first-order valence-electron chi connectivity index (χ1n) is 5.27. The van der Waals surface area contributed by atoms with Crippen molar-refractivity contribution in [2.75, 3.05) is 18.9 Å². The molecular formula is C12H19NOS. The SMILES string of the molecule is Cc1cccc(C(CN)SCCCO)c1. The number of aliphatic hydroxyl groups is 1. The average Bonchev–Trinajstić information content (AvgIpc) is 2.24. The number of hydrogen-bond acceptors (Lipinski definition) is 3. The van der Waals surface area contributed by atoms with E-state index in [-0.39, 0.29) is 6.61 Å². The van der Waals surface area contributed by atoms with E-state index in [0.29, 0.717) is 11.8 Å². The minimum atomic E-state index is 0.262. The fourth-order valence-corrected chi connectivity index (χ4v) is 2.52. The fraction of sp³-hybridized carbons (Fsp3) is 0.500. The van der Waals surface area contributed by atoms with Crippen LogP contribution in [0, 0.1) is 6.92 Å². The molecule has 3 heteroatoms. The van der Waals surface area contributed by atoms with Crippen molar-refractivity contribution in [2.24, 2.45) is 5.73 Å². The van der Waals surface area contributed by atoms with Crippen molar-refractivity contribution in [3.8, 4) is 0 Å². The molecule has 0 bridgehead atoms. The molecule has 2 nitrogen and oxygen atoms in total. The van der Waals surface area contributed by atoms with Gasteiger partial charge in [0.05, 0.1) is 0 Å². The summed E-state index contributed by atoms with van der Waals surface area (Å²) >= 11 is 1.82. The number of nitrogens with two attached hydrogens (primary N) is 1. The quantitative estimate of drug-likeness (QED) is 0.729. The van der Waals surface area contributed by atoms with E-state index in [1.807, 2.05) is 11.8 Å². The average molecular weight is 225 g/mol. The Kier molecular flexibility index (Phi) is 5.76. The number of benzene rings is 1. The maximum atomic E-state index is 8.72. The van der Waals surface area contributed by atoms with E-state index in [0.717, 1.165) is 12.2 Å². The second-order valence-corrected chi connectivity index (χ2v) is 4.90. The van der Waals surface area contributed by atoms with Gasteiger partial charge in [0.25, 0.3) is 0 Å². The summed E-state index contributed by atoms with van der Waals surface area (Å²) < 4.78 is 0. The van der Waals surface area contributed by atoms with Gasteiger partial charge in [-0.1, -0.05) is 29.8 Å². The molecule has 0 aliphatic heterocycles. The molecule has 0 radical (unpaired) electrons. The second kappa shape index (κ2) is 6.88. The standard InChI is InChI=1S/C12H19NOS/c1-10-4-2-5-11(8-10)12(9-13)15-7-3-6-14/h2,4-5,8,12,14H,3,6-7,9,13H2,1H3. The third-order valence-corrected chi connectivity index (χ3v) is 3.64. The van der Waals surface area contributed by atoms with Crippen LogP contribution < -0.4 is 5.73 Å². The van der Waals surface area contributed by atoms with Crippen LogP contribution in [0.5, 0.6) is 0 Å². The molecule has 0 saturated carbocycles. The highest BCUT2D eigenvalue weighted by molar-refractivity contribution is 7.99. The summed E-state index contributed by atoms with van der Waals surface area (Å²) in [6.07, 6.45) is 0.840. The molecule has 0 fully saturated rings. The summed E-state index contributed by atoms with van der Waals surface area (Å²) in [5.74, 6) is 0.965. The minimum absolute atomic E-state index is 0.262. The molecule has 1 unspecified atom stereocenters. The minimum Gasteiger partial charge on any atom is -0.396 e. The molecule has 0 saturated heterocycles. The Morgan fingerprint density at radius 3 is 2.87 bits per heavy atom. The lowest BCUT2D eigenvalue weighted by Crippen LogP contribution is -2.10. The first kappa shape index (κ1) is 12.6. The van der Waals surface area contributed by atoms with Gasteiger partial charge in [0, 0.05) is 18.4 Å². The normalized spacial score (nSPS) is 12.7. The number of thioether (sulfide) groups is 1. The van der Waals surface area contributed by atoms with Crippen molar-refractivity contribution >= 4 is 11.8 Å². The van der Waals surface area contributed by atoms with Crippen molar-refractivity contribution in [3.05, 3.63) is 35.4 Å². The smallest absolute Gasteiger partial charge is 0.0438 e. The van der Waals surface area contributed by atoms with Crippen LogP contribution in [-0.2, 0) is 0 Å². The maximum Gasteiger partial charge on any atom is 0.0438 e. The van der Waals surface area contributed by atoms with Crippen LogP contribution in [0.2, 0.25) is 0 Å². The largest absolute Gasteiger partial charge is 0.396 e. The summed E-state index contributed by atoms with van der Waals surface area (Å²) in [7, 11) is 0. The van der Waals surface area contributed by atoms with Gasteiger partial charge in [-0.15, -0.1) is 0 Å². The van der Waals surface area contributed by atoms with Crippen LogP contribution in [0.4, 0.5) is 0 Å². The molecule has 0 spiro atoms. The number of aliphatic hydroxyl groups excluding tert-OH is 1. The molecule has 84 valence electrons. The van der Waals surface area contributed by atoms with Gasteiger partial charge in [0.1, 0.15) is 0 Å². The van der Waals surface area contributed by atoms with E-state index in [1.165, 1.54) is 11.1 Å². The van der Waals surface area contributed by atoms with E-state index < -0.39 is 0 Å². The molecule has 0 heterocycles. The van der Waals surface area contributed by atoms with E-state index in [9.17, 15) is 0 Å². The van der Waals surface area contributed by atoms with Gasteiger partial charge in [-0.25, -0.2) is 0 Å². The van der Waals surface area contributed by atoms with E-state index >= 15 is 0 Å². The second-order valence-electron chi connectivity index (χ2n) is 3.59. The lowest BCUT2D eigenvalue weighted by atomic mass is 10.1. The summed E-state index contributed by atoms with van der Waals surface area (Å²) in [6.45, 7) is 3.01. The number of hydrogen-bond donors (Lipinski definition) is 2. The third kappa shape index (κ3) is 4.24. The van der Waals surface area contributed by atoms with Crippen molar-refractivity contribution in [3.63, 3.8) is 0 Å². The Hall–Kier alpha value is -0.510. The first-order chi connectivity index (χ1) is 7.27. The first-order valence-corrected chi connectivity index (χ1v) is 6.32. The van der Waals surface area contributed by atoms with Crippen LogP contribution in [0.25, 0.3) is 0 Å². The van der Waals surface area contributed by atoms with Crippen molar-refractivity contribution in [1.82, 2.24) is 0 Å². The van der Waals surface area contributed by atoms with Gasteiger partial charge in [-0.05, 0) is 24.7 Å². The highest BCUT2D eigenvalue weighted by Crippen LogP contribution is 2.28. The molecule has 0 aromatic heterocycles. The molecule has 1 rings (SSSR count). The van der Waals surface area contributed by atoms with Crippen molar-refractivity contribution in [1.29, 1.82) is 0 Å². The molecule has 1 aromatic rings. The van der Waals surface area contributed by atoms with Crippen LogP contribution >= 0.6 is 11.8 Å². The van der Waals surface area contributed by atoms with Gasteiger partial charge < -0.3 is 10.8 Å². The Balaban J connectivity index is 2.57. The van der Waals surface area contributed by atoms with Crippen LogP contribution in [0.1, 0.15) is 22.8 Å². The molecule has 0 aliphatic carbocycles. The molecule has 0 amide bonds. The van der Waals surface area contributed by atoms with Gasteiger partial charge in [0.2, 0.25) is 0 Å². The molecule has 15 heavy (non-hydrogen) atoms. The summed E-state index contributed by atoms with van der Waals surface area (Å²) in [5, 5.41) is 9.08. The summed E-state index contributed by atoms with van der Waals surface area (Å²) in [4.78, 5) is 0. The van der Waals surface area contributed by atoms with Gasteiger partial charge in [-0.3, -0.25) is 0 Å². The molecule has 1 aromatic carbocycles. The highest BCUT2D eigenvalue weighted by atomic mass is 32.2. The maximum absolute atomic E-state index is 8.72. The van der Waals surface area contributed by atoms with Gasteiger partial charge in [0.15, 0.2) is 0 Å². The monoisotopic (exact) mass is 225 g/mol. The topological polar surface area (TPSA) is 46.2 Å². The highest BCUT2D eigenvalue weighted by Gasteiger charge is 2.09. The Bertz CT molecular complexity index is 291. The molecule has 1 atom stereocenters. The lowest BCUT2D eigenvalue weighted by Gasteiger charge is -2.15. The lowest BCUT2D eigenvalue weighted by molar-refractivity contribution is 0.296. The fourth-order valence-electron chi connectivity index (χ4n) is 1.46. The van der Waals surface area contributed by atoms with E-state index in [2.05, 4.69) is 31.2 Å². The Morgan fingerprint density at radius 1 is 1.47 bits per heavy atom. The van der Waals surface area contributed by atoms with Crippen molar-refractivity contribution in [2.45, 2.75) is 18.6 Å². The zero-order chi connectivity index (χ0) is 11.1. The summed E-state index contributed by atoms with van der Waals surface area (Å²) in [5.41, 5.74) is 8.32. The number of rotatable bonds is 6. The van der Waals surface area contributed by atoms with Crippen LogP contribution in [-0.4, -0.2) is 24.0 Å². The van der Waals surface area contributed by atoms with Gasteiger partial charge >= 0.3 is 0 Å². The predicted molar refractivity (Wildman–Crippen MR) is 67.1 cm³/mol. The van der Waals surface area contributed by atoms with Crippen LogP contribution in [0.3, 0.4) is 0 Å². The Labute approximate surface area is 95.9 Å². The van der Waals surface area contributed by atoms with Gasteiger partial charge in [-0.2, -0.15) is 11.8 Å². The van der Waals surface area contributed by atoms with Crippen LogP contribution in [0.15, 0.2) is 24.3 Å². The zero-order valence-electron chi connectivity index (χ0n) is 9.15. The van der Waals surface area contributed by atoms with E-state index in [1.54, 1.807) is 0 Å². The molecule has 0 aliphatic rings. The Morgan fingerprint density at radius 2 is 2.27 bits per heavy atom. The third-order valence-electron chi connectivity index (χ3n) is 2.25. The van der Waals surface area contributed by atoms with E-state index in [4.69, 9.17) is 10.8 Å². The molecular weight excluding hydrogens is 206 g/mol. The summed E-state index contributed by atoms with van der Waals surface area (Å²) in [6, 6.07) is 8.47. The number of aryl methyl sites for hydroxylation is 1. The molecule has 3 N–H and O–H groups in total. The predicted octanol–water partition coefficient (Wildman–Crippen LogP) is 2.11. The zero-order valence-corrected chi connectivity index (χ0v) is 9.96. The van der Waals surface area contributed by atoms with Crippen molar-refractivity contribution < 1.29 is 5.11 Å².